The standard InChI is InChI=1S/6C4H6O5.3Ca.2Eu.12H2O/c6*5-3(6)1-9-2-4(7)8;;;;;;;;;;;;;;;;;/h6*1-2H2,(H,5,6)(H,7,8);;;;;;12*1H2/q;;;;;;3*+2;2*+3;;;;;;;;;;;;/p-12. The summed E-state index contributed by atoms with van der Waals surface area (Å²) in [6.45, 7) is -8.57. The molecule has 0 spiro atoms. The first-order chi connectivity index (χ1) is 24.8. The van der Waals surface area contributed by atoms with Gasteiger partial charge in [0.2, 0.25) is 0 Å². The van der Waals surface area contributed by atoms with Crippen molar-refractivity contribution in [3.8, 4) is 0 Å². The SMILES string of the molecule is O.O.O.O.O.O.O.O.O.O.O.O.O=C([O-])COCC(=O)[O-].O=C([O-])COCC(=O)[O-].O=C([O-])COCC(=O)[O-].O=C([O-])COCC(=O)[O-].O=C([O-])COCC(=O)[O-].O=C([O-])COCC(=O)[O-].[Ca+2].[Ca+2].[Ca+2].[Eu+3].[Eu+3]. The van der Waals surface area contributed by atoms with Gasteiger partial charge in [-0.25, -0.2) is 0 Å². The van der Waals surface area contributed by atoms with E-state index in [9.17, 15) is 119 Å². The fourth-order valence-electron chi connectivity index (χ4n) is 1.31. The van der Waals surface area contributed by atoms with Crippen LogP contribution >= 0.6 is 0 Å². The summed E-state index contributed by atoms with van der Waals surface area (Å²) in [6, 6.07) is 0. The molecule has 0 unspecified atom stereocenters. The molecule has 0 aliphatic heterocycles. The monoisotopic (exact) mass is 1430 g/mol. The van der Waals surface area contributed by atoms with Crippen LogP contribution < -0.4 is 61.3 Å². The van der Waals surface area contributed by atoms with E-state index in [-0.39, 0.29) is 278 Å². The molecule has 0 fully saturated rings. The summed E-state index contributed by atoms with van der Waals surface area (Å²) in [5.41, 5.74) is 0. The molecule has 0 amide bonds. The fraction of sp³-hybridized carbons (Fsp3) is 0.500. The molecule has 0 rings (SSSR count). The van der Waals surface area contributed by atoms with Gasteiger partial charge in [-0.05, 0) is 0 Å². The molecule has 0 aromatic carbocycles. The van der Waals surface area contributed by atoms with Gasteiger partial charge >= 0.3 is 212 Å². The van der Waals surface area contributed by atoms with Crippen molar-refractivity contribution in [2.45, 2.75) is 0 Å². The first kappa shape index (κ1) is 151. The van der Waals surface area contributed by atoms with E-state index in [4.69, 9.17) is 0 Å². The average Bonchev–Trinajstić information content (AvgIpc) is 2.96. The van der Waals surface area contributed by atoms with Gasteiger partial charge in [-0.2, -0.15) is 0 Å². The molecule has 47 heteroatoms. The van der Waals surface area contributed by atoms with E-state index in [2.05, 4.69) is 28.4 Å². The number of rotatable bonds is 24. The number of hydrogen-bond acceptors (Lipinski definition) is 30. The van der Waals surface area contributed by atoms with Gasteiger partial charge in [0, 0.05) is 0 Å². The Morgan fingerprint density at radius 1 is 0.183 bits per heavy atom. The van der Waals surface area contributed by atoms with Crippen LogP contribution in [0, 0.1) is 98.8 Å². The molecule has 0 bridgehead atoms. The third-order valence-electron chi connectivity index (χ3n) is 2.64. The van der Waals surface area contributed by atoms with Gasteiger partial charge in [0.25, 0.3) is 0 Å². The van der Waals surface area contributed by atoms with Crippen LogP contribution in [0.2, 0.25) is 0 Å². The molecule has 0 heterocycles. The summed E-state index contributed by atoms with van der Waals surface area (Å²) in [7, 11) is 0. The summed E-state index contributed by atoms with van der Waals surface area (Å²) in [4.78, 5) is 114. The topological polar surface area (TPSA) is 915 Å². The van der Waals surface area contributed by atoms with Crippen molar-refractivity contribution in [3.63, 3.8) is 0 Å². The molecule has 0 aliphatic carbocycles. The molecule has 0 saturated carbocycles. The summed E-state index contributed by atoms with van der Waals surface area (Å²) >= 11 is 0. The third-order valence-corrected chi connectivity index (χ3v) is 2.64. The van der Waals surface area contributed by atoms with E-state index in [1.807, 2.05) is 0 Å². The van der Waals surface area contributed by atoms with Crippen molar-refractivity contribution in [1.82, 2.24) is 0 Å². The van der Waals surface area contributed by atoms with Crippen LogP contribution in [-0.4, -0.2) is 330 Å². The smallest absolute Gasteiger partial charge is 0.548 e. The fourth-order valence-corrected chi connectivity index (χ4v) is 1.31. The van der Waals surface area contributed by atoms with Crippen molar-refractivity contribution in [1.29, 1.82) is 0 Å². The van der Waals surface area contributed by atoms with Crippen LogP contribution in [-0.2, 0) is 86.0 Å². The molecule has 71 heavy (non-hydrogen) atoms. The molecule has 0 aromatic rings. The minimum atomic E-state index is -1.45. The minimum Gasteiger partial charge on any atom is -0.548 e. The first-order valence-electron chi connectivity index (χ1n) is 12.6. The van der Waals surface area contributed by atoms with E-state index >= 15 is 0 Å². The number of carboxylic acids is 12. The number of carbonyl (C=O) groups is 12. The maximum Gasteiger partial charge on any atom is 3.00 e. The number of ether oxygens (including phenoxy) is 6. The van der Waals surface area contributed by atoms with Gasteiger partial charge < -0.3 is 213 Å². The Kier molecular flexibility index (Phi) is 243. The molecule has 0 aromatic heterocycles. The third kappa shape index (κ3) is 250. The van der Waals surface area contributed by atoms with Crippen LogP contribution in [0.15, 0.2) is 0 Å². The summed E-state index contributed by atoms with van der Waals surface area (Å²) in [5, 5.41) is 114. The second kappa shape index (κ2) is 114. The normalized spacial score (nSPS) is 6.76. The first-order valence-corrected chi connectivity index (χ1v) is 12.6. The molecule has 42 nitrogen and oxygen atoms in total. The Balaban J connectivity index is -0.0000000177. The van der Waals surface area contributed by atoms with Gasteiger partial charge in [-0.1, -0.05) is 0 Å². The summed E-state index contributed by atoms with van der Waals surface area (Å²) < 4.78 is 24.2. The van der Waals surface area contributed by atoms with Crippen LogP contribution in [0.25, 0.3) is 0 Å². The largest absolute Gasteiger partial charge is 3.00 e. The zero-order chi connectivity index (χ0) is 43.7. The second-order valence-electron chi connectivity index (χ2n) is 7.42. The van der Waals surface area contributed by atoms with Gasteiger partial charge in [0.15, 0.2) is 0 Å². The van der Waals surface area contributed by atoms with Crippen molar-refractivity contribution < 1.29 is 312 Å². The quantitative estimate of drug-likeness (QED) is 0.0810. The molecule has 0 radical (unpaired) electrons. The zero-order valence-corrected chi connectivity index (χ0v) is 47.1. The van der Waals surface area contributed by atoms with Gasteiger partial charge in [-0.15, -0.1) is 0 Å². The maximum atomic E-state index is 9.53. The number of hydrogen-bond donors (Lipinski definition) is 0. The maximum absolute atomic E-state index is 9.53. The summed E-state index contributed by atoms with van der Waals surface area (Å²) in [6.07, 6.45) is 0. The van der Waals surface area contributed by atoms with Crippen LogP contribution in [0.4, 0.5) is 0 Å². The Labute approximate surface area is 567 Å². The Hall–Kier alpha value is -0.132. The zero-order valence-electron chi connectivity index (χ0n) is 35.6. The van der Waals surface area contributed by atoms with Crippen molar-refractivity contribution in [2.24, 2.45) is 0 Å². The second-order valence-corrected chi connectivity index (χ2v) is 7.42. The molecular weight excluding hydrogens is 1380 g/mol. The van der Waals surface area contributed by atoms with Crippen LogP contribution in [0.3, 0.4) is 0 Å². The van der Waals surface area contributed by atoms with Crippen LogP contribution in [0.1, 0.15) is 0 Å². The van der Waals surface area contributed by atoms with Crippen molar-refractivity contribution in [3.05, 3.63) is 0 Å². The molecule has 0 aliphatic rings. The Morgan fingerprint density at radius 2 is 0.225 bits per heavy atom. The Morgan fingerprint density at radius 3 is 0.254 bits per heavy atom. The van der Waals surface area contributed by atoms with E-state index in [0.717, 1.165) is 0 Å². The molecule has 24 N–H and O–H groups in total. The molecule has 0 atom stereocenters. The van der Waals surface area contributed by atoms with Crippen molar-refractivity contribution >= 4 is 185 Å². The van der Waals surface area contributed by atoms with Gasteiger partial charge in [0.05, 0.1) is 151 Å². The number of carboxylic acid groups (broad SMARTS) is 12. The molecular formula is C24H48Ca3Eu2O42. The van der Waals surface area contributed by atoms with E-state index in [1.165, 1.54) is 0 Å². The average molecular weight is 1430 g/mol. The van der Waals surface area contributed by atoms with Crippen molar-refractivity contribution in [2.75, 3.05) is 79.3 Å². The van der Waals surface area contributed by atoms with E-state index in [1.54, 1.807) is 0 Å². The Bertz CT molecular complexity index is 897. The van der Waals surface area contributed by atoms with E-state index in [0.29, 0.717) is 0 Å². The molecule has 0 saturated heterocycles. The van der Waals surface area contributed by atoms with Crippen LogP contribution in [0.5, 0.6) is 0 Å². The molecule has 416 valence electrons. The van der Waals surface area contributed by atoms with Gasteiger partial charge in [0.1, 0.15) is 0 Å². The predicted octanol–water partition coefficient (Wildman–Crippen LogP) is -32.0. The minimum absolute atomic E-state index is 0. The predicted molar refractivity (Wildman–Crippen MR) is 186 cm³/mol. The van der Waals surface area contributed by atoms with E-state index < -0.39 is 151 Å². The summed E-state index contributed by atoms with van der Waals surface area (Å²) in [5.74, 6) is -17.4. The van der Waals surface area contributed by atoms with Gasteiger partial charge in [-0.3, -0.25) is 0 Å². The number of aliphatic carboxylic acids is 12. The number of carbonyl (C=O) groups excluding carboxylic acids is 12.